The van der Waals surface area contributed by atoms with Crippen molar-refractivity contribution in [1.29, 1.82) is 0 Å². The summed E-state index contributed by atoms with van der Waals surface area (Å²) in [6, 6.07) is 55.1. The molecule has 1 aromatic heterocycles. The summed E-state index contributed by atoms with van der Waals surface area (Å²) >= 11 is 0. The highest BCUT2D eigenvalue weighted by molar-refractivity contribution is 6.13. The first kappa shape index (κ1) is 27.1. The predicted molar refractivity (Wildman–Crippen MR) is 222 cm³/mol. The van der Waals surface area contributed by atoms with Crippen LogP contribution in [0.5, 0.6) is 0 Å². The number of fused-ring (bicyclic) bond motifs is 6. The number of rotatable bonds is 6. The van der Waals surface area contributed by atoms with E-state index in [1.807, 2.05) is 84.9 Å². The van der Waals surface area contributed by atoms with E-state index in [2.05, 4.69) is 97.6 Å². The minimum absolute atomic E-state index is 0.0560. The summed E-state index contributed by atoms with van der Waals surface area (Å²) in [7, 11) is 0. The molecule has 0 aliphatic heterocycles. The van der Waals surface area contributed by atoms with Gasteiger partial charge >= 0.3 is 0 Å². The second-order valence-corrected chi connectivity index (χ2v) is 14.2. The lowest BCUT2D eigenvalue weighted by molar-refractivity contribution is 0.660. The maximum Gasteiger partial charge on any atom is 0.136 e. The molecule has 8 aromatic carbocycles. The number of para-hydroxylation sites is 2. The lowest BCUT2D eigenvalue weighted by atomic mass is 9.82. The number of anilines is 3. The monoisotopic (exact) mass is 683 g/mol. The van der Waals surface area contributed by atoms with Crippen LogP contribution in [0.15, 0.2) is 192 Å². The molecule has 0 spiro atoms. The fraction of sp³-hybridized carbons (Fsp3) is 0.0588. The van der Waals surface area contributed by atoms with Gasteiger partial charge < -0.3 is 9.32 Å². The van der Waals surface area contributed by atoms with Crippen LogP contribution in [0.2, 0.25) is 0 Å². The van der Waals surface area contributed by atoms with Gasteiger partial charge in [0.1, 0.15) is 11.2 Å². The van der Waals surface area contributed by atoms with Crippen molar-refractivity contribution in [3.8, 4) is 44.5 Å². The smallest absolute Gasteiger partial charge is 0.136 e. The maximum atomic E-state index is 9.06. The fourth-order valence-corrected chi connectivity index (χ4v) is 8.14. The Morgan fingerprint density at radius 1 is 0.453 bits per heavy atom. The van der Waals surface area contributed by atoms with Gasteiger partial charge in [0, 0.05) is 33.1 Å². The zero-order chi connectivity index (χ0) is 39.0. The van der Waals surface area contributed by atoms with Crippen LogP contribution in [-0.2, 0) is 5.41 Å². The van der Waals surface area contributed by atoms with E-state index in [1.165, 1.54) is 22.3 Å². The van der Waals surface area contributed by atoms with Crippen molar-refractivity contribution < 1.29 is 9.90 Å². The first-order chi connectivity index (χ1) is 27.7. The largest absolute Gasteiger partial charge is 0.456 e. The Labute approximate surface area is 315 Å². The average Bonchev–Trinajstić information content (AvgIpc) is 3.73. The molecule has 252 valence electrons. The molecule has 1 heterocycles. The van der Waals surface area contributed by atoms with Gasteiger partial charge in [-0.05, 0) is 92.5 Å². The summed E-state index contributed by atoms with van der Waals surface area (Å²) < 4.78 is 42.3. The molecular formula is C51H37NO. The third kappa shape index (κ3) is 5.10. The molecule has 2 heteroatoms. The molecule has 9 aromatic rings. The molecule has 0 N–H and O–H groups in total. The second-order valence-electron chi connectivity index (χ2n) is 14.2. The van der Waals surface area contributed by atoms with E-state index in [4.69, 9.17) is 9.90 Å². The molecule has 1 aliphatic rings. The molecule has 2 nitrogen and oxygen atoms in total. The molecule has 0 unspecified atom stereocenters. The Kier molecular flexibility index (Phi) is 6.26. The fourth-order valence-electron chi connectivity index (χ4n) is 8.14. The van der Waals surface area contributed by atoms with Gasteiger partial charge in [0.2, 0.25) is 0 Å². The van der Waals surface area contributed by atoms with Crippen molar-refractivity contribution in [1.82, 2.24) is 0 Å². The molecule has 0 bridgehead atoms. The quantitative estimate of drug-likeness (QED) is 0.173. The van der Waals surface area contributed by atoms with Gasteiger partial charge in [-0.15, -0.1) is 0 Å². The van der Waals surface area contributed by atoms with Crippen LogP contribution in [0.4, 0.5) is 17.1 Å². The van der Waals surface area contributed by atoms with Crippen LogP contribution in [0.3, 0.4) is 0 Å². The Morgan fingerprint density at radius 2 is 1.04 bits per heavy atom. The minimum atomic E-state index is -0.207. The number of hydrogen-bond acceptors (Lipinski definition) is 2. The Hall–Kier alpha value is -6.64. The Morgan fingerprint density at radius 3 is 1.83 bits per heavy atom. The predicted octanol–water partition coefficient (Wildman–Crippen LogP) is 14.4. The van der Waals surface area contributed by atoms with E-state index in [0.717, 1.165) is 50.1 Å². The van der Waals surface area contributed by atoms with Crippen molar-refractivity contribution in [3.63, 3.8) is 0 Å². The van der Waals surface area contributed by atoms with Crippen molar-refractivity contribution in [2.24, 2.45) is 0 Å². The molecule has 0 radical (unpaired) electrons. The van der Waals surface area contributed by atoms with E-state index in [0.29, 0.717) is 16.7 Å². The van der Waals surface area contributed by atoms with Gasteiger partial charge in [-0.1, -0.05) is 159 Å². The number of nitrogens with zero attached hydrogens (tertiary/aromatic N) is 1. The third-order valence-corrected chi connectivity index (χ3v) is 10.8. The molecule has 1 aliphatic carbocycles. The van der Waals surface area contributed by atoms with Crippen LogP contribution < -0.4 is 4.90 Å². The molecule has 0 saturated heterocycles. The van der Waals surface area contributed by atoms with Crippen LogP contribution in [0.1, 0.15) is 30.5 Å². The highest BCUT2D eigenvalue weighted by atomic mass is 16.3. The van der Waals surface area contributed by atoms with Gasteiger partial charge in [0.05, 0.1) is 11.2 Å². The summed E-state index contributed by atoms with van der Waals surface area (Å²) in [5.74, 6) is 0. The average molecular weight is 684 g/mol. The molecule has 0 saturated carbocycles. The van der Waals surface area contributed by atoms with Crippen molar-refractivity contribution in [2.45, 2.75) is 19.3 Å². The Bertz CT molecular complexity index is 3010. The van der Waals surface area contributed by atoms with Crippen molar-refractivity contribution in [3.05, 3.63) is 199 Å². The number of hydrogen-bond donors (Lipinski definition) is 0. The lowest BCUT2D eigenvalue weighted by Crippen LogP contribution is -2.16. The van der Waals surface area contributed by atoms with E-state index >= 15 is 0 Å². The zero-order valence-corrected chi connectivity index (χ0v) is 29.4. The van der Waals surface area contributed by atoms with Gasteiger partial charge in [0.15, 0.2) is 0 Å². The summed E-state index contributed by atoms with van der Waals surface area (Å²) in [5, 5.41) is 2.12. The summed E-state index contributed by atoms with van der Waals surface area (Å²) in [6.45, 7) is 4.58. The SMILES string of the molecule is [2H]c1c([2H])c(-c2ccc(N(c3ccc4c(c3)C(C)(C)c3ccccc3-4)c3ccccc3-c3cccc4oc5ccccc5c34)cc2)c([2H])c([2H])c1-c1ccccc1. The first-order valence-electron chi connectivity index (χ1n) is 20.0. The summed E-state index contributed by atoms with van der Waals surface area (Å²) in [5.41, 5.74) is 13.3. The van der Waals surface area contributed by atoms with E-state index in [-0.39, 0.29) is 35.1 Å². The van der Waals surface area contributed by atoms with Gasteiger partial charge in [-0.3, -0.25) is 0 Å². The minimum Gasteiger partial charge on any atom is -0.456 e. The first-order valence-corrected chi connectivity index (χ1v) is 18.0. The van der Waals surface area contributed by atoms with E-state index in [9.17, 15) is 0 Å². The van der Waals surface area contributed by atoms with Gasteiger partial charge in [-0.25, -0.2) is 0 Å². The van der Waals surface area contributed by atoms with Gasteiger partial charge in [0.25, 0.3) is 0 Å². The topological polar surface area (TPSA) is 16.4 Å². The lowest BCUT2D eigenvalue weighted by Gasteiger charge is -2.30. The van der Waals surface area contributed by atoms with Crippen LogP contribution in [0, 0.1) is 0 Å². The normalized spacial score (nSPS) is 13.9. The molecule has 0 amide bonds. The van der Waals surface area contributed by atoms with E-state index < -0.39 is 0 Å². The molecule has 0 atom stereocenters. The molecule has 10 rings (SSSR count). The summed E-state index contributed by atoms with van der Waals surface area (Å²) in [4.78, 5) is 2.28. The molecular weight excluding hydrogens is 643 g/mol. The number of benzene rings is 8. The highest BCUT2D eigenvalue weighted by Gasteiger charge is 2.36. The van der Waals surface area contributed by atoms with Gasteiger partial charge in [-0.2, -0.15) is 0 Å². The molecule has 0 fully saturated rings. The second kappa shape index (κ2) is 12.3. The van der Waals surface area contributed by atoms with Crippen LogP contribution in [-0.4, -0.2) is 0 Å². The zero-order valence-electron chi connectivity index (χ0n) is 33.4. The summed E-state index contributed by atoms with van der Waals surface area (Å²) in [6.07, 6.45) is 0. The van der Waals surface area contributed by atoms with Crippen LogP contribution >= 0.6 is 0 Å². The number of furan rings is 1. The highest BCUT2D eigenvalue weighted by Crippen LogP contribution is 2.51. The molecule has 53 heavy (non-hydrogen) atoms. The third-order valence-electron chi connectivity index (χ3n) is 10.8. The van der Waals surface area contributed by atoms with Crippen LogP contribution in [0.25, 0.3) is 66.4 Å². The van der Waals surface area contributed by atoms with E-state index in [1.54, 1.807) is 0 Å². The Balaban J connectivity index is 1.16. The standard InChI is InChI=1S/C51H37NO/c1-51(2)45-19-9-6-15-40(45)41-32-31-39(33-46(41)51)52(38-29-27-37(28-30-38)36-25-23-35(24-26-36)34-13-4-3-5-14-34)47-20-10-7-16-42(47)43-18-12-22-49-50(43)44-17-8-11-21-48(44)53-49/h3-33H,1-2H3/i23D,24D,25D,26D. The van der Waals surface area contributed by atoms with Crippen molar-refractivity contribution >= 4 is 39.0 Å². The maximum absolute atomic E-state index is 9.06. The van der Waals surface area contributed by atoms with Crippen molar-refractivity contribution in [2.75, 3.05) is 4.90 Å².